The van der Waals surface area contributed by atoms with Crippen LogP contribution >= 0.6 is 11.6 Å². The van der Waals surface area contributed by atoms with E-state index in [0.717, 1.165) is 0 Å². The first-order valence-electron chi connectivity index (χ1n) is 6.61. The number of benzene rings is 1. The summed E-state index contributed by atoms with van der Waals surface area (Å²) in [4.78, 5) is 1.88. The van der Waals surface area contributed by atoms with E-state index in [0.29, 0.717) is 18.7 Å². The van der Waals surface area contributed by atoms with Gasteiger partial charge in [-0.05, 0) is 38.7 Å². The third-order valence-electron chi connectivity index (χ3n) is 3.46. The lowest BCUT2D eigenvalue weighted by molar-refractivity contribution is 0.188. The van der Waals surface area contributed by atoms with Gasteiger partial charge >= 0.3 is 0 Å². The predicted molar refractivity (Wildman–Crippen MR) is 82.7 cm³/mol. The molecule has 1 fully saturated rings. The van der Waals surface area contributed by atoms with Crippen molar-refractivity contribution < 1.29 is 13.5 Å². The Labute approximate surface area is 130 Å². The average Bonchev–Trinajstić information content (AvgIpc) is 2.73. The van der Waals surface area contributed by atoms with Crippen molar-refractivity contribution in [2.45, 2.75) is 23.5 Å². The smallest absolute Gasteiger partial charge is 0.245 e. The van der Waals surface area contributed by atoms with Gasteiger partial charge in [0.25, 0.3) is 0 Å². The monoisotopic (exact) mass is 333 g/mol. The van der Waals surface area contributed by atoms with Crippen LogP contribution in [0.3, 0.4) is 0 Å². The van der Waals surface area contributed by atoms with E-state index in [1.165, 1.54) is 16.4 Å². The summed E-state index contributed by atoms with van der Waals surface area (Å²) in [5, 5.41) is 9.97. The molecule has 0 saturated carbocycles. The molecule has 3 N–H and O–H groups in total. The van der Waals surface area contributed by atoms with E-state index in [1.54, 1.807) is 6.07 Å². The van der Waals surface area contributed by atoms with Crippen LogP contribution in [0.5, 0.6) is 0 Å². The van der Waals surface area contributed by atoms with Crippen molar-refractivity contribution in [3.63, 3.8) is 0 Å². The lowest BCUT2D eigenvalue weighted by Crippen LogP contribution is -2.41. The summed E-state index contributed by atoms with van der Waals surface area (Å²) >= 11 is 6.01. The number of nitrogen functional groups attached to an aromatic ring is 1. The summed E-state index contributed by atoms with van der Waals surface area (Å²) < 4.78 is 26.9. The highest BCUT2D eigenvalue weighted by Gasteiger charge is 2.40. The van der Waals surface area contributed by atoms with Crippen molar-refractivity contribution >= 4 is 27.3 Å². The zero-order chi connectivity index (χ0) is 15.8. The Morgan fingerprint density at radius 1 is 1.48 bits per heavy atom. The number of halogens is 1. The Balaban J connectivity index is 2.39. The molecule has 118 valence electrons. The van der Waals surface area contributed by atoms with Crippen molar-refractivity contribution in [1.82, 2.24) is 9.21 Å². The van der Waals surface area contributed by atoms with Gasteiger partial charge in [0.05, 0.1) is 11.1 Å². The molecular formula is C13H20ClN3O3S. The largest absolute Gasteiger partial charge is 0.399 e. The quantitative estimate of drug-likeness (QED) is 0.788. The van der Waals surface area contributed by atoms with Crippen LogP contribution in [0.2, 0.25) is 5.02 Å². The molecule has 1 saturated heterocycles. The van der Waals surface area contributed by atoms with Gasteiger partial charge in [0.15, 0.2) is 0 Å². The molecule has 2 rings (SSSR count). The van der Waals surface area contributed by atoms with E-state index in [1.807, 2.05) is 19.0 Å². The van der Waals surface area contributed by atoms with Crippen LogP contribution in [0.15, 0.2) is 23.1 Å². The third-order valence-corrected chi connectivity index (χ3v) is 5.86. The van der Waals surface area contributed by atoms with Gasteiger partial charge in [0, 0.05) is 24.8 Å². The second kappa shape index (κ2) is 6.10. The van der Waals surface area contributed by atoms with Gasteiger partial charge in [-0.1, -0.05) is 11.6 Å². The number of hydrogen-bond acceptors (Lipinski definition) is 5. The van der Waals surface area contributed by atoms with Gasteiger partial charge in [-0.3, -0.25) is 0 Å². The highest BCUT2D eigenvalue weighted by Crippen LogP contribution is 2.31. The highest BCUT2D eigenvalue weighted by atomic mass is 35.5. The van der Waals surface area contributed by atoms with Crippen LogP contribution in [0.1, 0.15) is 6.42 Å². The Hall–Kier alpha value is -0.860. The maximum Gasteiger partial charge on any atom is 0.245 e. The van der Waals surface area contributed by atoms with Crippen LogP contribution in [0.4, 0.5) is 5.69 Å². The second-order valence-corrected chi connectivity index (χ2v) is 7.84. The molecule has 0 aromatic heterocycles. The summed E-state index contributed by atoms with van der Waals surface area (Å²) in [7, 11) is -0.0567. The van der Waals surface area contributed by atoms with Crippen molar-refractivity contribution in [3.8, 4) is 0 Å². The van der Waals surface area contributed by atoms with E-state index in [9.17, 15) is 13.5 Å². The van der Waals surface area contributed by atoms with Crippen molar-refractivity contribution in [1.29, 1.82) is 0 Å². The molecule has 2 unspecified atom stereocenters. The normalized spacial score (nSPS) is 23.9. The Morgan fingerprint density at radius 2 is 2.14 bits per heavy atom. The van der Waals surface area contributed by atoms with E-state index in [-0.39, 0.29) is 22.5 Å². The topological polar surface area (TPSA) is 86.9 Å². The fourth-order valence-electron chi connectivity index (χ4n) is 2.59. The molecule has 1 aliphatic heterocycles. The molecule has 21 heavy (non-hydrogen) atoms. The van der Waals surface area contributed by atoms with Crippen molar-refractivity contribution in [2.24, 2.45) is 0 Å². The molecule has 1 aromatic rings. The summed E-state index contributed by atoms with van der Waals surface area (Å²) in [6, 6.07) is 4.10. The number of hydrogen-bond donors (Lipinski definition) is 2. The summed E-state index contributed by atoms with van der Waals surface area (Å²) in [6.45, 7) is 0.613. The first kappa shape index (κ1) is 16.5. The number of β-amino-alcohol motifs (C(OH)–C–C–N with tert-alkyl or cyclic N) is 1. The number of anilines is 1. The number of likely N-dealkylation sites (N-methyl/N-ethyl adjacent to an activating group) is 1. The van der Waals surface area contributed by atoms with E-state index in [4.69, 9.17) is 17.3 Å². The van der Waals surface area contributed by atoms with E-state index >= 15 is 0 Å². The number of rotatable bonds is 4. The Morgan fingerprint density at radius 3 is 2.76 bits per heavy atom. The molecule has 0 radical (unpaired) electrons. The Bertz CT molecular complexity index is 621. The molecule has 0 spiro atoms. The van der Waals surface area contributed by atoms with Gasteiger partial charge < -0.3 is 15.7 Å². The zero-order valence-electron chi connectivity index (χ0n) is 12.0. The highest BCUT2D eigenvalue weighted by molar-refractivity contribution is 7.89. The number of nitrogens with two attached hydrogens (primary N) is 1. The number of aliphatic hydroxyl groups excluding tert-OH is 1. The lowest BCUT2D eigenvalue weighted by atomic mass is 10.2. The molecular weight excluding hydrogens is 314 g/mol. The van der Waals surface area contributed by atoms with Crippen molar-refractivity contribution in [2.75, 3.05) is 32.9 Å². The zero-order valence-corrected chi connectivity index (χ0v) is 13.6. The molecule has 0 aliphatic carbocycles. The first-order valence-corrected chi connectivity index (χ1v) is 8.43. The number of nitrogens with zero attached hydrogens (tertiary/aromatic N) is 2. The molecule has 0 amide bonds. The molecule has 8 heteroatoms. The van der Waals surface area contributed by atoms with Gasteiger partial charge in [-0.2, -0.15) is 4.31 Å². The van der Waals surface area contributed by atoms with E-state index in [2.05, 4.69) is 0 Å². The summed E-state index contributed by atoms with van der Waals surface area (Å²) in [5.41, 5.74) is 6.00. The minimum absolute atomic E-state index is 0.0120. The molecule has 1 aromatic carbocycles. The van der Waals surface area contributed by atoms with Crippen LogP contribution in [-0.2, 0) is 10.0 Å². The van der Waals surface area contributed by atoms with Crippen LogP contribution in [-0.4, -0.2) is 62.1 Å². The van der Waals surface area contributed by atoms with Gasteiger partial charge in [0.2, 0.25) is 10.0 Å². The second-order valence-electron chi connectivity index (χ2n) is 5.57. The molecule has 1 aliphatic rings. The average molecular weight is 334 g/mol. The van der Waals surface area contributed by atoms with Gasteiger partial charge in [0.1, 0.15) is 4.90 Å². The predicted octanol–water partition coefficient (Wildman–Crippen LogP) is 0.608. The maximum atomic E-state index is 12.8. The SMILES string of the molecule is CN(C)CC1CC(O)CN1S(=O)(=O)c1cc(N)ccc1Cl. The molecule has 1 heterocycles. The van der Waals surface area contributed by atoms with Crippen LogP contribution in [0, 0.1) is 0 Å². The first-order chi connectivity index (χ1) is 9.71. The van der Waals surface area contributed by atoms with Crippen molar-refractivity contribution in [3.05, 3.63) is 23.2 Å². The fraction of sp³-hybridized carbons (Fsp3) is 0.538. The fourth-order valence-corrected chi connectivity index (χ4v) is 4.76. The maximum absolute atomic E-state index is 12.8. The van der Waals surface area contributed by atoms with E-state index < -0.39 is 16.1 Å². The number of sulfonamides is 1. The van der Waals surface area contributed by atoms with Crippen LogP contribution in [0.25, 0.3) is 0 Å². The lowest BCUT2D eigenvalue weighted by Gasteiger charge is -2.26. The summed E-state index contributed by atoms with van der Waals surface area (Å²) in [6.07, 6.45) is -0.248. The standard InChI is InChI=1S/C13H20ClN3O3S/c1-16(2)7-10-6-11(18)8-17(10)21(19,20)13-5-9(15)3-4-12(13)14/h3-5,10-11,18H,6-8,15H2,1-2H3. The van der Waals surface area contributed by atoms with Gasteiger partial charge in [-0.15, -0.1) is 0 Å². The molecule has 2 atom stereocenters. The molecule has 6 nitrogen and oxygen atoms in total. The number of aliphatic hydroxyl groups is 1. The minimum Gasteiger partial charge on any atom is -0.399 e. The third kappa shape index (κ3) is 3.49. The van der Waals surface area contributed by atoms with Crippen LogP contribution < -0.4 is 5.73 Å². The minimum atomic E-state index is -3.78. The molecule has 0 bridgehead atoms. The summed E-state index contributed by atoms with van der Waals surface area (Å²) in [5.74, 6) is 0. The van der Waals surface area contributed by atoms with Gasteiger partial charge in [-0.25, -0.2) is 8.42 Å². The Kier molecular flexibility index (Phi) is 4.79.